The summed E-state index contributed by atoms with van der Waals surface area (Å²) in [6.07, 6.45) is 8.75. The maximum atomic E-state index is 13.5. The summed E-state index contributed by atoms with van der Waals surface area (Å²) in [5, 5.41) is 3.38. The molecular formula is C23H34N2O3S. The molecule has 5 nitrogen and oxygen atoms in total. The van der Waals surface area contributed by atoms with Gasteiger partial charge >= 0.3 is 0 Å². The molecule has 0 aliphatic heterocycles. The van der Waals surface area contributed by atoms with Gasteiger partial charge in [-0.3, -0.25) is 9.10 Å². The largest absolute Gasteiger partial charge is 0.349 e. The molecule has 4 saturated carbocycles. The summed E-state index contributed by atoms with van der Waals surface area (Å²) in [7, 11) is -3.60. The molecule has 6 heteroatoms. The molecule has 0 unspecified atom stereocenters. The van der Waals surface area contributed by atoms with Crippen LogP contribution in [0.4, 0.5) is 5.69 Å². The standard InChI is InChI=1S/C23H34N2O3S/c1-5-21(25(29(4,27)28)20-7-6-15(2)16(3)8-20)22(26)24-23-12-17-9-18(13-23)11-19(10-17)14-23/h6-8,17-19,21H,5,9-14H2,1-4H3,(H,24,26)/t17?,18?,19?,21-,23?/m1/s1. The number of benzene rings is 1. The molecule has 0 aromatic heterocycles. The van der Waals surface area contributed by atoms with E-state index in [-0.39, 0.29) is 11.4 Å². The van der Waals surface area contributed by atoms with Crippen molar-refractivity contribution >= 4 is 21.6 Å². The molecule has 160 valence electrons. The normalized spacial score (nSPS) is 31.5. The third-order valence-corrected chi connectivity index (χ3v) is 8.68. The number of aryl methyl sites for hydroxylation is 2. The zero-order valence-electron chi connectivity index (χ0n) is 18.1. The van der Waals surface area contributed by atoms with E-state index in [1.807, 2.05) is 39.0 Å². The van der Waals surface area contributed by atoms with Crippen molar-refractivity contribution in [3.63, 3.8) is 0 Å². The van der Waals surface area contributed by atoms with Crippen molar-refractivity contribution in [1.29, 1.82) is 0 Å². The Balaban J connectivity index is 1.61. The Morgan fingerprint density at radius 1 is 1.10 bits per heavy atom. The van der Waals surface area contributed by atoms with Crippen molar-refractivity contribution in [2.24, 2.45) is 17.8 Å². The van der Waals surface area contributed by atoms with Crippen molar-refractivity contribution in [3.05, 3.63) is 29.3 Å². The molecule has 1 N–H and O–H groups in total. The van der Waals surface area contributed by atoms with E-state index in [1.165, 1.54) is 29.8 Å². The Morgan fingerprint density at radius 3 is 2.10 bits per heavy atom. The van der Waals surface area contributed by atoms with Gasteiger partial charge in [-0.1, -0.05) is 13.0 Å². The molecule has 29 heavy (non-hydrogen) atoms. The third kappa shape index (κ3) is 3.92. The molecule has 0 spiro atoms. The van der Waals surface area contributed by atoms with E-state index in [0.29, 0.717) is 12.1 Å². The van der Waals surface area contributed by atoms with E-state index in [0.717, 1.165) is 48.1 Å². The first kappa shape index (κ1) is 20.7. The number of rotatable bonds is 6. The minimum Gasteiger partial charge on any atom is -0.349 e. The number of hydrogen-bond donors (Lipinski definition) is 1. The zero-order chi connectivity index (χ0) is 21.0. The Morgan fingerprint density at radius 2 is 1.66 bits per heavy atom. The number of sulfonamides is 1. The van der Waals surface area contributed by atoms with Gasteiger partial charge in [0.2, 0.25) is 15.9 Å². The van der Waals surface area contributed by atoms with Gasteiger partial charge in [0.05, 0.1) is 11.9 Å². The van der Waals surface area contributed by atoms with Gasteiger partial charge in [-0.2, -0.15) is 0 Å². The van der Waals surface area contributed by atoms with Crippen molar-refractivity contribution in [3.8, 4) is 0 Å². The number of nitrogens with one attached hydrogen (secondary N) is 1. The highest BCUT2D eigenvalue weighted by Crippen LogP contribution is 2.55. The van der Waals surface area contributed by atoms with Gasteiger partial charge in [0.25, 0.3) is 0 Å². The van der Waals surface area contributed by atoms with Crippen LogP contribution in [-0.2, 0) is 14.8 Å². The fourth-order valence-corrected chi connectivity index (χ4v) is 7.73. The topological polar surface area (TPSA) is 66.5 Å². The first-order valence-electron chi connectivity index (χ1n) is 11.0. The quantitative estimate of drug-likeness (QED) is 0.761. The van der Waals surface area contributed by atoms with Crippen molar-refractivity contribution in [1.82, 2.24) is 5.32 Å². The smallest absolute Gasteiger partial charge is 0.244 e. The van der Waals surface area contributed by atoms with Crippen LogP contribution in [0.2, 0.25) is 0 Å². The summed E-state index contributed by atoms with van der Waals surface area (Å²) in [5.74, 6) is 2.05. The summed E-state index contributed by atoms with van der Waals surface area (Å²) in [4.78, 5) is 13.5. The van der Waals surface area contributed by atoms with E-state index in [2.05, 4.69) is 5.32 Å². The molecule has 4 aliphatic rings. The third-order valence-electron chi connectivity index (χ3n) is 7.50. The Labute approximate surface area is 175 Å². The molecule has 1 aromatic carbocycles. The van der Waals surface area contributed by atoms with Gasteiger partial charge in [0.15, 0.2) is 0 Å². The number of hydrogen-bond acceptors (Lipinski definition) is 3. The monoisotopic (exact) mass is 418 g/mol. The van der Waals surface area contributed by atoms with E-state index in [9.17, 15) is 13.2 Å². The Kier molecular flexibility index (Phi) is 5.21. The fourth-order valence-electron chi connectivity index (χ4n) is 6.53. The SMILES string of the molecule is CC[C@H](C(=O)NC12CC3CC(CC(C3)C1)C2)N(c1ccc(C)c(C)c1)S(C)(=O)=O. The number of carbonyl (C=O) groups is 1. The van der Waals surface area contributed by atoms with Crippen LogP contribution >= 0.6 is 0 Å². The van der Waals surface area contributed by atoms with Gasteiger partial charge in [0, 0.05) is 5.54 Å². The lowest BCUT2D eigenvalue weighted by Gasteiger charge is -2.57. The van der Waals surface area contributed by atoms with Crippen LogP contribution in [0.5, 0.6) is 0 Å². The first-order valence-corrected chi connectivity index (χ1v) is 12.8. The van der Waals surface area contributed by atoms with E-state index >= 15 is 0 Å². The van der Waals surface area contributed by atoms with Crippen molar-refractivity contribution in [2.45, 2.75) is 77.3 Å². The maximum Gasteiger partial charge on any atom is 0.244 e. The summed E-state index contributed by atoms with van der Waals surface area (Å²) < 4.78 is 26.8. The second kappa shape index (κ2) is 7.29. The molecule has 4 fully saturated rings. The van der Waals surface area contributed by atoms with Crippen LogP contribution in [0.25, 0.3) is 0 Å². The molecular weight excluding hydrogens is 384 g/mol. The summed E-state index contributed by atoms with van der Waals surface area (Å²) in [6.45, 7) is 5.86. The second-order valence-electron chi connectivity index (χ2n) is 9.94. The lowest BCUT2D eigenvalue weighted by Crippen LogP contribution is -2.63. The van der Waals surface area contributed by atoms with Crippen LogP contribution in [0.3, 0.4) is 0 Å². The van der Waals surface area contributed by atoms with Crippen LogP contribution in [-0.4, -0.2) is 32.2 Å². The minimum absolute atomic E-state index is 0.119. The molecule has 0 saturated heterocycles. The second-order valence-corrected chi connectivity index (χ2v) is 11.8. The van der Waals surface area contributed by atoms with Gasteiger partial charge in [-0.25, -0.2) is 8.42 Å². The average Bonchev–Trinajstić information content (AvgIpc) is 2.59. The summed E-state index contributed by atoms with van der Waals surface area (Å²) >= 11 is 0. The molecule has 4 aliphatic carbocycles. The van der Waals surface area contributed by atoms with Crippen molar-refractivity contribution < 1.29 is 13.2 Å². The average molecular weight is 419 g/mol. The Hall–Kier alpha value is -1.56. The van der Waals surface area contributed by atoms with E-state index in [4.69, 9.17) is 0 Å². The highest BCUT2D eigenvalue weighted by Gasteiger charge is 2.52. The number of anilines is 1. The highest BCUT2D eigenvalue weighted by molar-refractivity contribution is 7.92. The van der Waals surface area contributed by atoms with Crippen LogP contribution in [0, 0.1) is 31.6 Å². The van der Waals surface area contributed by atoms with Gasteiger partial charge < -0.3 is 5.32 Å². The molecule has 1 atom stereocenters. The van der Waals surface area contributed by atoms with Gasteiger partial charge in [0.1, 0.15) is 6.04 Å². The fraction of sp³-hybridized carbons (Fsp3) is 0.696. The summed E-state index contributed by atoms with van der Waals surface area (Å²) in [6, 6.07) is 4.88. The zero-order valence-corrected chi connectivity index (χ0v) is 18.9. The number of amides is 1. The molecule has 0 heterocycles. The van der Waals surface area contributed by atoms with Gasteiger partial charge in [-0.05, 0) is 99.8 Å². The predicted molar refractivity (Wildman–Crippen MR) is 116 cm³/mol. The lowest BCUT2D eigenvalue weighted by atomic mass is 9.53. The molecule has 5 rings (SSSR count). The van der Waals surface area contributed by atoms with E-state index < -0.39 is 16.1 Å². The van der Waals surface area contributed by atoms with Crippen LogP contribution < -0.4 is 9.62 Å². The minimum atomic E-state index is -3.60. The van der Waals surface area contributed by atoms with Gasteiger partial charge in [-0.15, -0.1) is 0 Å². The van der Waals surface area contributed by atoms with Crippen LogP contribution in [0.15, 0.2) is 18.2 Å². The first-order chi connectivity index (χ1) is 13.6. The van der Waals surface area contributed by atoms with Crippen LogP contribution in [0.1, 0.15) is 63.0 Å². The molecule has 1 aromatic rings. The van der Waals surface area contributed by atoms with Crippen molar-refractivity contribution in [2.75, 3.05) is 10.6 Å². The molecule has 4 bridgehead atoms. The summed E-state index contributed by atoms with van der Waals surface area (Å²) in [5.41, 5.74) is 2.58. The number of nitrogens with zero attached hydrogens (tertiary/aromatic N) is 1. The molecule has 1 amide bonds. The Bertz CT molecular complexity index is 873. The van der Waals surface area contributed by atoms with E-state index in [1.54, 1.807) is 0 Å². The highest BCUT2D eigenvalue weighted by atomic mass is 32.2. The number of carbonyl (C=O) groups excluding carboxylic acids is 1. The lowest BCUT2D eigenvalue weighted by molar-refractivity contribution is -0.128. The predicted octanol–water partition coefficient (Wildman–Crippen LogP) is 3.93. The maximum absolute atomic E-state index is 13.5. The molecule has 0 radical (unpaired) electrons.